The zero-order valence-electron chi connectivity index (χ0n) is 15.1. The van der Waals surface area contributed by atoms with Crippen LogP contribution in [0.25, 0.3) is 0 Å². The van der Waals surface area contributed by atoms with Gasteiger partial charge in [-0.3, -0.25) is 0 Å². The van der Waals surface area contributed by atoms with Crippen molar-refractivity contribution >= 4 is 5.69 Å². The van der Waals surface area contributed by atoms with Crippen molar-refractivity contribution in [3.05, 3.63) is 29.8 Å². The molecule has 4 bridgehead atoms. The highest BCUT2D eigenvalue weighted by atomic mass is 19.4. The molecule has 2 nitrogen and oxygen atoms in total. The first-order chi connectivity index (χ1) is 12.5. The fourth-order valence-electron chi connectivity index (χ4n) is 6.86. The van der Waals surface area contributed by atoms with E-state index in [1.807, 2.05) is 6.07 Å². The molecule has 4 saturated carbocycles. The summed E-state index contributed by atoms with van der Waals surface area (Å²) in [6.45, 7) is 3.89. The van der Waals surface area contributed by atoms with E-state index in [-0.39, 0.29) is 0 Å². The Bertz CT molecular complexity index is 635. The van der Waals surface area contributed by atoms with Gasteiger partial charge in [0, 0.05) is 17.5 Å². The molecular formula is C21H28F3N2+. The van der Waals surface area contributed by atoms with Crippen LogP contribution in [0.3, 0.4) is 0 Å². The first kappa shape index (κ1) is 16.9. The molecule has 0 spiro atoms. The molecule has 0 radical (unpaired) electrons. The number of alkyl halides is 3. The minimum Gasteiger partial charge on any atom is -0.360 e. The van der Waals surface area contributed by atoms with Gasteiger partial charge in [-0.2, -0.15) is 13.2 Å². The average Bonchev–Trinajstić information content (AvgIpc) is 2.61. The number of halogens is 3. The minimum absolute atomic E-state index is 0.536. The zero-order valence-corrected chi connectivity index (χ0v) is 15.1. The first-order valence-corrected chi connectivity index (χ1v) is 10.2. The van der Waals surface area contributed by atoms with Gasteiger partial charge in [-0.1, -0.05) is 6.07 Å². The van der Waals surface area contributed by atoms with Crippen LogP contribution in [-0.4, -0.2) is 32.2 Å². The number of piperazine rings is 1. The lowest BCUT2D eigenvalue weighted by Gasteiger charge is -2.56. The zero-order chi connectivity index (χ0) is 17.9. The molecule has 1 N–H and O–H groups in total. The molecule has 1 saturated heterocycles. The van der Waals surface area contributed by atoms with Crippen LogP contribution in [0, 0.1) is 23.7 Å². The first-order valence-electron chi connectivity index (χ1n) is 10.2. The fourth-order valence-corrected chi connectivity index (χ4v) is 6.86. The van der Waals surface area contributed by atoms with Crippen molar-refractivity contribution in [3.8, 4) is 0 Å². The summed E-state index contributed by atoms with van der Waals surface area (Å²) in [5.41, 5.74) is 0.190. The maximum Gasteiger partial charge on any atom is 0.416 e. The second-order valence-corrected chi connectivity index (χ2v) is 9.15. The SMILES string of the molecule is FC(F)(F)c1cccc(N2CC[NH+](C3C4CC5CC(C4)CC3C5)CC2)c1. The highest BCUT2D eigenvalue weighted by Gasteiger charge is 2.52. The molecule has 5 heteroatoms. The third-order valence-electron chi connectivity index (χ3n) is 7.64. The summed E-state index contributed by atoms with van der Waals surface area (Å²) in [5, 5.41) is 0. The van der Waals surface area contributed by atoms with Gasteiger partial charge in [0.05, 0.1) is 37.8 Å². The van der Waals surface area contributed by atoms with Gasteiger partial charge in [0.2, 0.25) is 0 Å². The van der Waals surface area contributed by atoms with Crippen molar-refractivity contribution in [2.24, 2.45) is 23.7 Å². The molecule has 1 aromatic rings. The van der Waals surface area contributed by atoms with Crippen LogP contribution in [0.5, 0.6) is 0 Å². The van der Waals surface area contributed by atoms with Crippen molar-refractivity contribution in [2.75, 3.05) is 31.1 Å². The van der Waals surface area contributed by atoms with Crippen molar-refractivity contribution in [1.82, 2.24) is 0 Å². The Hall–Kier alpha value is -1.23. The third kappa shape index (κ3) is 2.92. The Morgan fingerprint density at radius 2 is 1.50 bits per heavy atom. The van der Waals surface area contributed by atoms with Gasteiger partial charge in [-0.15, -0.1) is 0 Å². The Morgan fingerprint density at radius 1 is 0.885 bits per heavy atom. The number of benzene rings is 1. The van der Waals surface area contributed by atoms with E-state index in [4.69, 9.17) is 0 Å². The van der Waals surface area contributed by atoms with E-state index < -0.39 is 11.7 Å². The van der Waals surface area contributed by atoms with Crippen LogP contribution in [0.4, 0.5) is 18.9 Å². The van der Waals surface area contributed by atoms with Crippen molar-refractivity contribution in [1.29, 1.82) is 0 Å². The Balaban J connectivity index is 1.26. The molecule has 26 heavy (non-hydrogen) atoms. The predicted molar refractivity (Wildman–Crippen MR) is 95.2 cm³/mol. The number of quaternary nitrogens is 1. The minimum atomic E-state index is -4.26. The van der Waals surface area contributed by atoms with Gasteiger partial charge >= 0.3 is 6.18 Å². The molecule has 0 unspecified atom stereocenters. The van der Waals surface area contributed by atoms with Crippen LogP contribution >= 0.6 is 0 Å². The van der Waals surface area contributed by atoms with E-state index in [1.165, 1.54) is 50.3 Å². The van der Waals surface area contributed by atoms with Crippen LogP contribution in [0.2, 0.25) is 0 Å². The van der Waals surface area contributed by atoms with E-state index in [1.54, 1.807) is 4.90 Å². The van der Waals surface area contributed by atoms with Crippen LogP contribution in [0.15, 0.2) is 24.3 Å². The number of rotatable bonds is 2. The summed E-state index contributed by atoms with van der Waals surface area (Å²) >= 11 is 0. The van der Waals surface area contributed by atoms with E-state index in [2.05, 4.69) is 4.90 Å². The molecule has 0 atom stereocenters. The van der Waals surface area contributed by atoms with Gasteiger partial charge < -0.3 is 9.80 Å². The second kappa shape index (κ2) is 6.15. The molecule has 6 rings (SSSR count). The van der Waals surface area contributed by atoms with E-state index in [9.17, 15) is 13.2 Å². The number of hydrogen-bond donors (Lipinski definition) is 1. The predicted octanol–water partition coefficient (Wildman–Crippen LogP) is 3.24. The van der Waals surface area contributed by atoms with E-state index in [0.29, 0.717) is 0 Å². The van der Waals surface area contributed by atoms with Gasteiger partial charge in [-0.25, -0.2) is 0 Å². The molecular weight excluding hydrogens is 337 g/mol. The lowest BCUT2D eigenvalue weighted by Crippen LogP contribution is -3.20. The maximum atomic E-state index is 13.0. The molecule has 5 fully saturated rings. The summed E-state index contributed by atoms with van der Waals surface area (Å²) in [7, 11) is 0. The largest absolute Gasteiger partial charge is 0.416 e. The number of nitrogens with zero attached hydrogens (tertiary/aromatic N) is 1. The van der Waals surface area contributed by atoms with Crippen LogP contribution in [0.1, 0.15) is 37.7 Å². The number of hydrogen-bond acceptors (Lipinski definition) is 1. The van der Waals surface area contributed by atoms with Gasteiger partial charge in [0.25, 0.3) is 0 Å². The lowest BCUT2D eigenvalue weighted by molar-refractivity contribution is -0.936. The molecule has 1 heterocycles. The molecule has 1 aromatic carbocycles. The normalized spacial score (nSPS) is 37.3. The summed E-state index contributed by atoms with van der Waals surface area (Å²) < 4.78 is 39.0. The Kier molecular flexibility index (Phi) is 4.00. The van der Waals surface area contributed by atoms with Crippen molar-refractivity contribution in [2.45, 2.75) is 44.3 Å². The molecule has 1 aliphatic heterocycles. The molecule has 4 aliphatic carbocycles. The molecule has 0 amide bonds. The van der Waals surface area contributed by atoms with Crippen molar-refractivity contribution < 1.29 is 18.1 Å². The Morgan fingerprint density at radius 3 is 2.08 bits per heavy atom. The highest BCUT2D eigenvalue weighted by molar-refractivity contribution is 5.49. The maximum absolute atomic E-state index is 13.0. The summed E-state index contributed by atoms with van der Waals surface area (Å²) in [6, 6.07) is 6.66. The standard InChI is InChI=1S/C21H27F3N2/c22-21(23,24)18-2-1-3-19(13-18)25-4-6-26(7-5-25)20-16-9-14-8-15(11-16)12-17(20)10-14/h1-3,13-17,20H,4-12H2/p+1. The topological polar surface area (TPSA) is 7.68 Å². The highest BCUT2D eigenvalue weighted by Crippen LogP contribution is 2.53. The smallest absolute Gasteiger partial charge is 0.360 e. The monoisotopic (exact) mass is 365 g/mol. The van der Waals surface area contributed by atoms with E-state index >= 15 is 0 Å². The van der Waals surface area contributed by atoms with E-state index in [0.717, 1.165) is 61.6 Å². The fraction of sp³-hybridized carbons (Fsp3) is 0.714. The Labute approximate surface area is 153 Å². The quantitative estimate of drug-likeness (QED) is 0.846. The molecule has 0 aromatic heterocycles. The van der Waals surface area contributed by atoms with Gasteiger partial charge in [0.1, 0.15) is 0 Å². The van der Waals surface area contributed by atoms with Crippen LogP contribution < -0.4 is 9.80 Å². The van der Waals surface area contributed by atoms with Crippen LogP contribution in [-0.2, 0) is 6.18 Å². The lowest BCUT2D eigenvalue weighted by atomic mass is 9.54. The van der Waals surface area contributed by atoms with Gasteiger partial charge in [-0.05, 0) is 62.1 Å². The summed E-state index contributed by atoms with van der Waals surface area (Å²) in [6.07, 6.45) is 3.00. The number of anilines is 1. The molecule has 142 valence electrons. The number of nitrogens with one attached hydrogen (secondary N) is 1. The second-order valence-electron chi connectivity index (χ2n) is 9.15. The summed E-state index contributed by atoms with van der Waals surface area (Å²) in [4.78, 5) is 3.89. The third-order valence-corrected chi connectivity index (χ3v) is 7.64. The average molecular weight is 365 g/mol. The van der Waals surface area contributed by atoms with Crippen molar-refractivity contribution in [3.63, 3.8) is 0 Å². The van der Waals surface area contributed by atoms with Gasteiger partial charge in [0.15, 0.2) is 0 Å². The summed E-state index contributed by atoms with van der Waals surface area (Å²) in [5.74, 6) is 3.84. The molecule has 5 aliphatic rings.